The summed E-state index contributed by atoms with van der Waals surface area (Å²) >= 11 is 1.57. The summed E-state index contributed by atoms with van der Waals surface area (Å²) < 4.78 is 23.2. The number of rotatable bonds is 4. The molecule has 1 rings (SSSR count). The molecule has 17 heavy (non-hydrogen) atoms. The summed E-state index contributed by atoms with van der Waals surface area (Å²) in [6.45, 7) is 2.41. The fraction of sp³-hybridized carbons (Fsp3) is 0.900. The first-order valence-electron chi connectivity index (χ1n) is 5.68. The number of carbonyl (C=O) groups excluding carboxylic acids is 1. The van der Waals surface area contributed by atoms with Crippen LogP contribution in [0.1, 0.15) is 19.8 Å². The summed E-state index contributed by atoms with van der Waals surface area (Å²) in [5.41, 5.74) is 5.73. The molecule has 1 fully saturated rings. The maximum atomic E-state index is 12.0. The van der Waals surface area contributed by atoms with Gasteiger partial charge in [0.1, 0.15) is 5.37 Å². The van der Waals surface area contributed by atoms with E-state index in [1.807, 2.05) is 6.92 Å². The van der Waals surface area contributed by atoms with E-state index in [2.05, 4.69) is 0 Å². The lowest BCUT2D eigenvalue weighted by molar-refractivity contribution is -0.131. The van der Waals surface area contributed by atoms with Crippen molar-refractivity contribution < 1.29 is 13.2 Å². The third kappa shape index (κ3) is 4.15. The van der Waals surface area contributed by atoms with E-state index in [9.17, 15) is 13.2 Å². The fourth-order valence-electron chi connectivity index (χ4n) is 1.71. The molecule has 0 aromatic heterocycles. The zero-order valence-electron chi connectivity index (χ0n) is 10.3. The van der Waals surface area contributed by atoms with Gasteiger partial charge in [-0.15, -0.1) is 0 Å². The van der Waals surface area contributed by atoms with E-state index in [0.717, 1.165) is 12.2 Å². The first kappa shape index (κ1) is 14.8. The van der Waals surface area contributed by atoms with E-state index >= 15 is 0 Å². The lowest BCUT2D eigenvalue weighted by atomic mass is 10.1. The van der Waals surface area contributed by atoms with Crippen LogP contribution in [0.25, 0.3) is 0 Å². The van der Waals surface area contributed by atoms with Gasteiger partial charge in [0.15, 0.2) is 9.84 Å². The van der Waals surface area contributed by atoms with Crippen molar-refractivity contribution in [2.24, 2.45) is 5.73 Å². The molecule has 0 radical (unpaired) electrons. The van der Waals surface area contributed by atoms with Crippen molar-refractivity contribution >= 4 is 27.5 Å². The van der Waals surface area contributed by atoms with Crippen LogP contribution in [0.15, 0.2) is 0 Å². The van der Waals surface area contributed by atoms with Crippen LogP contribution in [-0.4, -0.2) is 54.9 Å². The Bertz CT molecular complexity index is 370. The zero-order chi connectivity index (χ0) is 13.1. The van der Waals surface area contributed by atoms with E-state index in [1.165, 1.54) is 11.2 Å². The van der Waals surface area contributed by atoms with E-state index in [-0.39, 0.29) is 18.4 Å². The van der Waals surface area contributed by atoms with Gasteiger partial charge in [-0.25, -0.2) is 8.42 Å². The van der Waals surface area contributed by atoms with Crippen LogP contribution >= 0.6 is 11.8 Å². The Labute approximate surface area is 107 Å². The highest BCUT2D eigenvalue weighted by Crippen LogP contribution is 2.21. The van der Waals surface area contributed by atoms with Crippen LogP contribution in [0.5, 0.6) is 0 Å². The molecule has 1 aliphatic rings. The van der Waals surface area contributed by atoms with Gasteiger partial charge in [-0.05, 0) is 6.42 Å². The van der Waals surface area contributed by atoms with Crippen LogP contribution in [-0.2, 0) is 14.6 Å². The molecule has 0 aliphatic carbocycles. The van der Waals surface area contributed by atoms with Gasteiger partial charge in [-0.1, -0.05) is 6.92 Å². The average Bonchev–Trinajstić information content (AvgIpc) is 2.27. The van der Waals surface area contributed by atoms with Crippen molar-refractivity contribution in [1.82, 2.24) is 4.90 Å². The van der Waals surface area contributed by atoms with Gasteiger partial charge in [-0.2, -0.15) is 11.8 Å². The smallest absolute Gasteiger partial charge is 0.225 e. The molecule has 0 spiro atoms. The van der Waals surface area contributed by atoms with Crippen LogP contribution in [0, 0.1) is 0 Å². The minimum Gasteiger partial charge on any atom is -0.327 e. The first-order chi connectivity index (χ1) is 7.86. The molecule has 2 N–H and O–H groups in total. The van der Waals surface area contributed by atoms with Crippen LogP contribution in [0.4, 0.5) is 0 Å². The number of nitrogens with two attached hydrogens (primary N) is 1. The third-order valence-corrected chi connectivity index (χ3v) is 5.50. The Hall–Kier alpha value is -0.270. The van der Waals surface area contributed by atoms with Gasteiger partial charge >= 0.3 is 0 Å². The predicted octanol–water partition coefficient (Wildman–Crippen LogP) is 0.0599. The summed E-state index contributed by atoms with van der Waals surface area (Å²) in [7, 11) is -3.22. The zero-order valence-corrected chi connectivity index (χ0v) is 11.9. The highest BCUT2D eigenvalue weighted by molar-refractivity contribution is 8.00. The first-order valence-corrected chi connectivity index (χ1v) is 8.78. The molecule has 0 bridgehead atoms. The Morgan fingerprint density at radius 3 is 2.76 bits per heavy atom. The molecular weight excluding hydrogens is 260 g/mol. The van der Waals surface area contributed by atoms with Crippen LogP contribution in [0.2, 0.25) is 0 Å². The van der Waals surface area contributed by atoms with Crippen molar-refractivity contribution in [2.45, 2.75) is 31.2 Å². The number of thioether (sulfide) groups is 1. The molecule has 2 atom stereocenters. The predicted molar refractivity (Wildman–Crippen MR) is 70.6 cm³/mol. The van der Waals surface area contributed by atoms with Crippen molar-refractivity contribution in [3.63, 3.8) is 0 Å². The van der Waals surface area contributed by atoms with E-state index in [4.69, 9.17) is 5.73 Å². The lowest BCUT2D eigenvalue weighted by Crippen LogP contribution is -2.50. The molecule has 0 saturated carbocycles. The topological polar surface area (TPSA) is 80.5 Å². The SMILES string of the molecule is CCC(N)CC(=O)N1CCSCC1S(C)(=O)=O. The summed E-state index contributed by atoms with van der Waals surface area (Å²) in [6.07, 6.45) is 2.13. The molecule has 100 valence electrons. The summed E-state index contributed by atoms with van der Waals surface area (Å²) in [5.74, 6) is 1.11. The Morgan fingerprint density at radius 2 is 2.24 bits per heavy atom. The van der Waals surface area contributed by atoms with E-state index in [1.54, 1.807) is 11.8 Å². The van der Waals surface area contributed by atoms with Gasteiger partial charge in [0, 0.05) is 36.8 Å². The van der Waals surface area contributed by atoms with Gasteiger partial charge in [0.25, 0.3) is 0 Å². The molecule has 1 saturated heterocycles. The molecule has 1 heterocycles. The van der Waals surface area contributed by atoms with Gasteiger partial charge in [0.05, 0.1) is 0 Å². The number of amides is 1. The number of hydrogen-bond donors (Lipinski definition) is 1. The van der Waals surface area contributed by atoms with E-state index < -0.39 is 15.2 Å². The Balaban J connectivity index is 2.75. The second-order valence-corrected chi connectivity index (χ2v) is 7.67. The highest BCUT2D eigenvalue weighted by Gasteiger charge is 2.34. The number of hydrogen-bond acceptors (Lipinski definition) is 5. The Kier molecular flexibility index (Phi) is 5.27. The molecule has 1 aliphatic heterocycles. The highest BCUT2D eigenvalue weighted by atomic mass is 32.2. The summed E-state index contributed by atoms with van der Waals surface area (Å²) in [6, 6.07) is -0.183. The van der Waals surface area contributed by atoms with Crippen molar-refractivity contribution in [2.75, 3.05) is 24.3 Å². The molecule has 7 heteroatoms. The Morgan fingerprint density at radius 1 is 1.59 bits per heavy atom. The van der Waals surface area contributed by atoms with Crippen molar-refractivity contribution in [3.8, 4) is 0 Å². The van der Waals surface area contributed by atoms with E-state index in [0.29, 0.717) is 12.3 Å². The normalized spacial score (nSPS) is 23.5. The molecule has 1 amide bonds. The third-order valence-electron chi connectivity index (χ3n) is 2.86. The quantitative estimate of drug-likeness (QED) is 0.787. The van der Waals surface area contributed by atoms with Gasteiger partial charge in [-0.3, -0.25) is 4.79 Å². The summed E-state index contributed by atoms with van der Waals surface area (Å²) in [5, 5.41) is -0.683. The lowest BCUT2D eigenvalue weighted by Gasteiger charge is -2.34. The molecule has 0 aromatic carbocycles. The minimum atomic E-state index is -3.22. The van der Waals surface area contributed by atoms with Gasteiger partial charge in [0.2, 0.25) is 5.91 Å². The number of carbonyl (C=O) groups is 1. The summed E-state index contributed by atoms with van der Waals surface area (Å²) in [4.78, 5) is 13.5. The average molecular weight is 280 g/mol. The standard InChI is InChI=1S/C10H20N2O3S2/c1-3-8(11)6-9(13)12-4-5-16-7-10(12)17(2,14)15/h8,10H,3-7,11H2,1-2H3. The van der Waals surface area contributed by atoms with Crippen molar-refractivity contribution in [3.05, 3.63) is 0 Å². The second-order valence-electron chi connectivity index (χ2n) is 4.32. The minimum absolute atomic E-state index is 0.143. The maximum absolute atomic E-state index is 12.0. The second kappa shape index (κ2) is 6.06. The monoisotopic (exact) mass is 280 g/mol. The van der Waals surface area contributed by atoms with Gasteiger partial charge < -0.3 is 10.6 Å². The fourth-order valence-corrected chi connectivity index (χ4v) is 4.54. The number of nitrogens with zero attached hydrogens (tertiary/aromatic N) is 1. The molecule has 5 nitrogen and oxygen atoms in total. The molecular formula is C10H20N2O3S2. The molecule has 2 unspecified atom stereocenters. The van der Waals surface area contributed by atoms with Crippen LogP contribution in [0.3, 0.4) is 0 Å². The molecule has 0 aromatic rings. The maximum Gasteiger partial charge on any atom is 0.225 e. The van der Waals surface area contributed by atoms with Crippen molar-refractivity contribution in [1.29, 1.82) is 0 Å². The number of sulfone groups is 1. The van der Waals surface area contributed by atoms with Crippen LogP contribution < -0.4 is 5.73 Å². The largest absolute Gasteiger partial charge is 0.327 e.